The molecule has 16 nitrogen and oxygen atoms in total. The summed E-state index contributed by atoms with van der Waals surface area (Å²) in [6.07, 6.45) is -2.17. The number of aryl methyl sites for hydroxylation is 1. The number of nitrogens with one attached hydrogen (secondary N) is 5. The van der Waals surface area contributed by atoms with Gasteiger partial charge in [-0.1, -0.05) is 69.0 Å². The molecular weight excluding hydrogens is 1090 g/mol. The number of fused-ring (bicyclic) bond motifs is 7. The van der Waals surface area contributed by atoms with E-state index in [-0.39, 0.29) is 86.9 Å². The van der Waals surface area contributed by atoms with Gasteiger partial charge < -0.3 is 45.5 Å². The van der Waals surface area contributed by atoms with Gasteiger partial charge in [-0.2, -0.15) is 26.3 Å². The first-order chi connectivity index (χ1) is 39.7. The molecule has 1 saturated carbocycles. The van der Waals surface area contributed by atoms with Crippen molar-refractivity contribution in [3.63, 3.8) is 0 Å². The molecule has 5 aromatic carbocycles. The van der Waals surface area contributed by atoms with Crippen LogP contribution in [0.15, 0.2) is 109 Å². The number of hydrogen-bond acceptors (Lipinski definition) is 9. The summed E-state index contributed by atoms with van der Waals surface area (Å²) in [5, 5.41) is 13.4. The van der Waals surface area contributed by atoms with E-state index in [0.717, 1.165) is 84.9 Å². The van der Waals surface area contributed by atoms with Crippen LogP contribution in [-0.2, 0) is 42.5 Å². The van der Waals surface area contributed by atoms with Gasteiger partial charge in [0.25, 0.3) is 11.8 Å². The minimum Gasteiger partial charge on any atom is -0.456 e. The molecular formula is C61H61F6N7O9. The van der Waals surface area contributed by atoms with Crippen molar-refractivity contribution in [1.29, 1.82) is 0 Å². The van der Waals surface area contributed by atoms with Gasteiger partial charge in [0.2, 0.25) is 11.8 Å². The second-order valence-corrected chi connectivity index (χ2v) is 20.8. The van der Waals surface area contributed by atoms with E-state index < -0.39 is 41.6 Å². The maximum absolute atomic E-state index is 13.9. The summed E-state index contributed by atoms with van der Waals surface area (Å²) in [5.41, 5.74) is 0.889. The molecule has 1 spiro atoms. The number of likely N-dealkylation sites (N-methyl/N-ethyl adjacent to an activating group) is 1. The molecule has 3 aliphatic rings. The Morgan fingerprint density at radius 1 is 0.651 bits per heavy atom. The van der Waals surface area contributed by atoms with Gasteiger partial charge in [0, 0.05) is 93.9 Å². The zero-order valence-electron chi connectivity index (χ0n) is 45.5. The average molecular weight is 1150 g/mol. The largest absolute Gasteiger partial charge is 0.471 e. The van der Waals surface area contributed by atoms with Crippen LogP contribution < -0.4 is 36.2 Å². The molecule has 0 bridgehead atoms. The van der Waals surface area contributed by atoms with Gasteiger partial charge in [0.15, 0.2) is 5.60 Å². The predicted octanol–water partition coefficient (Wildman–Crippen LogP) is 11.0. The monoisotopic (exact) mass is 1150 g/mol. The number of alkyl halides is 6. The Morgan fingerprint density at radius 2 is 1.25 bits per heavy atom. The molecule has 1 aromatic heterocycles. The van der Waals surface area contributed by atoms with Crippen LogP contribution in [0.4, 0.5) is 43.4 Å². The number of carbonyl (C=O) groups excluding carboxylic acids is 7. The van der Waals surface area contributed by atoms with Crippen LogP contribution in [0.1, 0.15) is 132 Å². The molecule has 6 amide bonds. The lowest BCUT2D eigenvalue weighted by molar-refractivity contribution is -0.167. The molecule has 0 unspecified atom stereocenters. The summed E-state index contributed by atoms with van der Waals surface area (Å²) in [6, 6.07) is 28.3. The molecule has 1 fully saturated rings. The second-order valence-electron chi connectivity index (χ2n) is 20.8. The van der Waals surface area contributed by atoms with Crippen molar-refractivity contribution in [1.82, 2.24) is 20.5 Å². The third-order valence-electron chi connectivity index (χ3n) is 15.3. The Labute approximate surface area is 473 Å². The third kappa shape index (κ3) is 13.0. The molecule has 22 heteroatoms. The third-order valence-corrected chi connectivity index (χ3v) is 15.3. The first kappa shape index (κ1) is 58.9. The topological polar surface area (TPSA) is 206 Å². The van der Waals surface area contributed by atoms with Crippen molar-refractivity contribution < 1.29 is 69.4 Å². The first-order valence-corrected chi connectivity index (χ1v) is 27.6. The highest BCUT2D eigenvalue weighted by atomic mass is 19.4. The molecule has 0 radical (unpaired) electrons. The van der Waals surface area contributed by atoms with Crippen molar-refractivity contribution >= 4 is 69.4 Å². The Balaban J connectivity index is 0.711. The van der Waals surface area contributed by atoms with Gasteiger partial charge in [-0.25, -0.2) is 4.79 Å². The van der Waals surface area contributed by atoms with Crippen molar-refractivity contribution in [2.75, 3.05) is 35.2 Å². The fourth-order valence-corrected chi connectivity index (χ4v) is 11.0. The van der Waals surface area contributed by atoms with Crippen LogP contribution in [0, 0.1) is 5.92 Å². The van der Waals surface area contributed by atoms with Crippen molar-refractivity contribution in [2.24, 2.45) is 5.92 Å². The summed E-state index contributed by atoms with van der Waals surface area (Å²) in [7, 11) is 0. The van der Waals surface area contributed by atoms with E-state index in [0.29, 0.717) is 57.4 Å². The van der Waals surface area contributed by atoms with E-state index in [9.17, 15) is 59.9 Å². The highest BCUT2D eigenvalue weighted by molar-refractivity contribution is 6.03. The van der Waals surface area contributed by atoms with Crippen LogP contribution in [0.3, 0.4) is 0 Å². The van der Waals surface area contributed by atoms with Gasteiger partial charge in [0.05, 0.1) is 5.56 Å². The Morgan fingerprint density at radius 3 is 1.87 bits per heavy atom. The number of ether oxygens (including phenoxy) is 2. The molecule has 0 atom stereocenters. The van der Waals surface area contributed by atoms with Crippen molar-refractivity contribution in [3.8, 4) is 11.5 Å². The normalized spacial score (nSPS) is 15.9. The zero-order chi connectivity index (χ0) is 59.2. The van der Waals surface area contributed by atoms with Gasteiger partial charge in [-0.15, -0.1) is 0 Å². The number of halogens is 6. The van der Waals surface area contributed by atoms with E-state index in [4.69, 9.17) is 9.47 Å². The number of amides is 6. The minimum absolute atomic E-state index is 0.00180. The van der Waals surface area contributed by atoms with E-state index in [1.165, 1.54) is 30.3 Å². The van der Waals surface area contributed by atoms with Gasteiger partial charge >= 0.3 is 30.1 Å². The minimum atomic E-state index is -5.25. The standard InChI is InChI=1S/C61H61F6N7O9/c1-3-36-14-13-16-43(30-36)73(4-2)52(75)35-74-48-17-10-9-15-38(48)32-49(74)55(78)70-40-21-18-37(19-22-40)53(76)68-28-11-7-5-6-8-12-29-69-54(77)39-20-25-45-44(31-39)56(79)83-59(45)46-26-23-41(71-57(80)60(62,63)64)33-50(46)82-51-34-42(24-27-47(51)59)72-58(81)61(65,66)67/h9-10,13-17,20,23-27,30-34,37,40H,3-8,11-12,18-19,21-22,28-29,35H2,1-2H3,(H,68,76)(H,69,77)(H,70,78)(H,71,80)(H,72,81). The molecule has 6 aromatic rings. The molecule has 9 rings (SSSR count). The fourth-order valence-electron chi connectivity index (χ4n) is 11.0. The number of benzene rings is 5. The Bertz CT molecular complexity index is 3400. The van der Waals surface area contributed by atoms with Crippen LogP contribution in [0.25, 0.3) is 10.9 Å². The van der Waals surface area contributed by atoms with E-state index >= 15 is 0 Å². The highest BCUT2D eigenvalue weighted by Gasteiger charge is 2.54. The van der Waals surface area contributed by atoms with Crippen LogP contribution in [0.5, 0.6) is 11.5 Å². The Hall–Kier alpha value is -8.69. The first-order valence-electron chi connectivity index (χ1n) is 27.6. The lowest BCUT2D eigenvalue weighted by atomic mass is 9.77. The average Bonchev–Trinajstić information content (AvgIpc) is 2.33. The highest BCUT2D eigenvalue weighted by Crippen LogP contribution is 2.57. The number of nitrogens with zero attached hydrogens (tertiary/aromatic N) is 2. The van der Waals surface area contributed by atoms with Crippen LogP contribution >= 0.6 is 0 Å². The Kier molecular flexibility index (Phi) is 17.6. The van der Waals surface area contributed by atoms with Gasteiger partial charge in [-0.05, 0) is 118 Å². The molecule has 1 aliphatic carbocycles. The number of hydrogen-bond donors (Lipinski definition) is 5. The van der Waals surface area contributed by atoms with E-state index in [2.05, 4.69) is 22.9 Å². The van der Waals surface area contributed by atoms with Gasteiger partial charge in [-0.3, -0.25) is 28.8 Å². The maximum Gasteiger partial charge on any atom is 0.471 e. The van der Waals surface area contributed by atoms with E-state index in [1.54, 1.807) is 20.1 Å². The summed E-state index contributed by atoms with van der Waals surface area (Å²) >= 11 is 0. The number of carbonyl (C=O) groups is 7. The maximum atomic E-state index is 13.9. The molecule has 2 aliphatic heterocycles. The second kappa shape index (κ2) is 24.8. The molecule has 0 saturated heterocycles. The quantitative estimate of drug-likeness (QED) is 0.0280. The van der Waals surface area contributed by atoms with Gasteiger partial charge in [0.1, 0.15) is 23.7 Å². The number of esters is 1. The van der Waals surface area contributed by atoms with Crippen LogP contribution in [-0.4, -0.2) is 84.0 Å². The zero-order valence-corrected chi connectivity index (χ0v) is 45.5. The number of unbranched alkanes of at least 4 members (excludes halogenated alkanes) is 5. The lowest BCUT2D eigenvalue weighted by Crippen LogP contribution is -2.42. The summed E-state index contributed by atoms with van der Waals surface area (Å²) in [4.78, 5) is 93.2. The predicted molar refractivity (Wildman–Crippen MR) is 296 cm³/mol. The van der Waals surface area contributed by atoms with Crippen molar-refractivity contribution in [3.05, 3.63) is 148 Å². The summed E-state index contributed by atoms with van der Waals surface area (Å²) < 4.78 is 92.5. The molecule has 436 valence electrons. The number of anilines is 3. The number of para-hydroxylation sites is 1. The number of aromatic nitrogens is 1. The summed E-state index contributed by atoms with van der Waals surface area (Å²) in [5.74, 6) is -6.99. The lowest BCUT2D eigenvalue weighted by Gasteiger charge is -2.37. The molecule has 3 heterocycles. The molecule has 83 heavy (non-hydrogen) atoms. The van der Waals surface area contributed by atoms with Crippen LogP contribution in [0.2, 0.25) is 0 Å². The van der Waals surface area contributed by atoms with Crippen molar-refractivity contribution in [2.45, 2.75) is 115 Å². The SMILES string of the molecule is CCc1cccc(N(CC)C(=O)Cn2c(C(=O)NC3CCC(C(=O)NCCCCCCCCNC(=O)c4ccc5c(c4)C(=O)OC54c5ccc(NC(=O)C(F)(F)F)cc5Oc5cc(NC(=O)C(F)(F)F)ccc54)CC3)cc3ccccc32)c1. The summed E-state index contributed by atoms with van der Waals surface area (Å²) in [6.45, 7) is 5.33. The van der Waals surface area contributed by atoms with E-state index in [1.807, 2.05) is 61.5 Å². The molecule has 5 N–H and O–H groups in total. The number of rotatable bonds is 20. The fraction of sp³-hybridized carbons (Fsp3) is 0.361. The smallest absolute Gasteiger partial charge is 0.456 e.